The van der Waals surface area contributed by atoms with Crippen molar-refractivity contribution in [2.75, 3.05) is 14.2 Å². The number of nitrogens with zero attached hydrogens (tertiary/aromatic N) is 1. The molecule has 0 unspecified atom stereocenters. The topological polar surface area (TPSA) is 102 Å². The third-order valence-electron chi connectivity index (χ3n) is 5.39. The summed E-state index contributed by atoms with van der Waals surface area (Å²) in [7, 11) is 2.96. The molecule has 1 atom stereocenters. The van der Waals surface area contributed by atoms with Crippen molar-refractivity contribution in [1.82, 2.24) is 14.9 Å². The highest BCUT2D eigenvalue weighted by atomic mass is 16.5. The normalized spacial score (nSPS) is 11.8. The van der Waals surface area contributed by atoms with Gasteiger partial charge in [-0.2, -0.15) is 0 Å². The zero-order valence-electron chi connectivity index (χ0n) is 18.6. The second-order valence-corrected chi connectivity index (χ2v) is 7.74. The van der Waals surface area contributed by atoms with E-state index < -0.39 is 11.2 Å². The molecule has 2 aromatic carbocycles. The van der Waals surface area contributed by atoms with Crippen LogP contribution in [0.2, 0.25) is 0 Å². The molecule has 0 bridgehead atoms. The van der Waals surface area contributed by atoms with Crippen LogP contribution in [0.15, 0.2) is 52.1 Å². The van der Waals surface area contributed by atoms with Crippen LogP contribution in [0.3, 0.4) is 0 Å². The van der Waals surface area contributed by atoms with Crippen LogP contribution in [-0.4, -0.2) is 35.7 Å². The first-order valence-electron chi connectivity index (χ1n) is 10.6. The van der Waals surface area contributed by atoms with Crippen LogP contribution in [-0.2, 0) is 17.8 Å². The molecular formula is C24H29N3O5. The fraction of sp³-hybridized carbons (Fsp3) is 0.375. The lowest BCUT2D eigenvalue weighted by Crippen LogP contribution is -2.36. The Labute approximate surface area is 186 Å². The van der Waals surface area contributed by atoms with E-state index in [0.717, 1.165) is 17.4 Å². The Balaban J connectivity index is 1.59. The SMILES string of the molecule is COc1cc2[nH]c(=O)n(CCCC(=O)N[C@H](C)CCc3ccccc3)c(=O)c2cc1OC. The van der Waals surface area contributed by atoms with Crippen molar-refractivity contribution < 1.29 is 14.3 Å². The predicted octanol–water partition coefficient (Wildman–Crippen LogP) is 2.62. The summed E-state index contributed by atoms with van der Waals surface area (Å²) in [6, 6.07) is 13.3. The number of H-pyrrole nitrogens is 1. The molecule has 0 spiro atoms. The van der Waals surface area contributed by atoms with Crippen molar-refractivity contribution in [2.45, 2.75) is 45.2 Å². The first-order valence-corrected chi connectivity index (χ1v) is 10.6. The maximum Gasteiger partial charge on any atom is 0.328 e. The van der Waals surface area contributed by atoms with Crippen LogP contribution < -0.4 is 26.0 Å². The molecule has 0 fully saturated rings. The Hall–Kier alpha value is -3.55. The number of aromatic nitrogens is 2. The summed E-state index contributed by atoms with van der Waals surface area (Å²) >= 11 is 0. The maximum atomic E-state index is 12.8. The van der Waals surface area contributed by atoms with Crippen LogP contribution in [0.5, 0.6) is 11.5 Å². The molecule has 1 amide bonds. The van der Waals surface area contributed by atoms with E-state index in [4.69, 9.17) is 9.47 Å². The number of carbonyl (C=O) groups is 1. The molecule has 1 heterocycles. The number of fused-ring (bicyclic) bond motifs is 1. The van der Waals surface area contributed by atoms with E-state index in [1.807, 2.05) is 25.1 Å². The Morgan fingerprint density at radius 3 is 2.47 bits per heavy atom. The summed E-state index contributed by atoms with van der Waals surface area (Å²) in [5.41, 5.74) is 0.657. The Morgan fingerprint density at radius 2 is 1.78 bits per heavy atom. The molecule has 0 saturated carbocycles. The van der Waals surface area contributed by atoms with E-state index in [0.29, 0.717) is 28.8 Å². The molecule has 1 aromatic heterocycles. The molecule has 0 saturated heterocycles. The fourth-order valence-corrected chi connectivity index (χ4v) is 3.63. The van der Waals surface area contributed by atoms with Crippen LogP contribution in [0.1, 0.15) is 31.7 Å². The maximum absolute atomic E-state index is 12.8. The number of methoxy groups -OCH3 is 2. The second-order valence-electron chi connectivity index (χ2n) is 7.74. The van der Waals surface area contributed by atoms with E-state index in [-0.39, 0.29) is 24.9 Å². The smallest absolute Gasteiger partial charge is 0.328 e. The number of carbonyl (C=O) groups excluding carboxylic acids is 1. The van der Waals surface area contributed by atoms with Gasteiger partial charge in [-0.05, 0) is 37.8 Å². The van der Waals surface area contributed by atoms with E-state index in [9.17, 15) is 14.4 Å². The second kappa shape index (κ2) is 10.7. The molecule has 3 aromatic rings. The van der Waals surface area contributed by atoms with Crippen molar-refractivity contribution in [1.29, 1.82) is 0 Å². The van der Waals surface area contributed by atoms with Gasteiger partial charge in [0.05, 0.1) is 25.1 Å². The molecule has 8 nitrogen and oxygen atoms in total. The van der Waals surface area contributed by atoms with E-state index in [2.05, 4.69) is 22.4 Å². The van der Waals surface area contributed by atoms with Gasteiger partial charge in [-0.1, -0.05) is 30.3 Å². The van der Waals surface area contributed by atoms with Gasteiger partial charge in [0.15, 0.2) is 11.5 Å². The molecular weight excluding hydrogens is 410 g/mol. The molecule has 32 heavy (non-hydrogen) atoms. The number of nitrogens with one attached hydrogen (secondary N) is 2. The van der Waals surface area contributed by atoms with Gasteiger partial charge in [-0.3, -0.25) is 14.2 Å². The van der Waals surface area contributed by atoms with Crippen LogP contribution >= 0.6 is 0 Å². The predicted molar refractivity (Wildman–Crippen MR) is 124 cm³/mol. The lowest BCUT2D eigenvalue weighted by molar-refractivity contribution is -0.121. The zero-order chi connectivity index (χ0) is 23.1. The van der Waals surface area contributed by atoms with Gasteiger partial charge in [-0.15, -0.1) is 0 Å². The number of amides is 1. The summed E-state index contributed by atoms with van der Waals surface area (Å²) in [4.78, 5) is 40.2. The third kappa shape index (κ3) is 5.57. The fourth-order valence-electron chi connectivity index (χ4n) is 3.63. The molecule has 8 heteroatoms. The van der Waals surface area contributed by atoms with E-state index in [1.165, 1.54) is 19.8 Å². The number of rotatable bonds is 10. The third-order valence-corrected chi connectivity index (χ3v) is 5.39. The van der Waals surface area contributed by atoms with Gasteiger partial charge >= 0.3 is 5.69 Å². The summed E-state index contributed by atoms with van der Waals surface area (Å²) < 4.78 is 11.6. The molecule has 0 aliphatic carbocycles. The minimum absolute atomic E-state index is 0.0388. The minimum Gasteiger partial charge on any atom is -0.493 e. The number of hydrogen-bond donors (Lipinski definition) is 2. The average molecular weight is 440 g/mol. The average Bonchev–Trinajstić information content (AvgIpc) is 2.79. The molecule has 0 aliphatic heterocycles. The highest BCUT2D eigenvalue weighted by Gasteiger charge is 2.14. The molecule has 3 rings (SSSR count). The van der Waals surface area contributed by atoms with Gasteiger partial charge in [0.1, 0.15) is 0 Å². The van der Waals surface area contributed by atoms with Crippen molar-refractivity contribution in [3.63, 3.8) is 0 Å². The first kappa shape index (κ1) is 23.1. The zero-order valence-corrected chi connectivity index (χ0v) is 18.6. The molecule has 170 valence electrons. The highest BCUT2D eigenvalue weighted by Crippen LogP contribution is 2.29. The summed E-state index contributed by atoms with van der Waals surface area (Å²) in [6.07, 6.45) is 2.33. The van der Waals surface area contributed by atoms with Crippen molar-refractivity contribution >= 4 is 16.8 Å². The minimum atomic E-state index is -0.522. The Bertz CT molecular complexity index is 1180. The Morgan fingerprint density at radius 1 is 1.09 bits per heavy atom. The summed E-state index contributed by atoms with van der Waals surface area (Å²) in [6.45, 7) is 2.12. The van der Waals surface area contributed by atoms with Crippen LogP contribution in [0.25, 0.3) is 10.9 Å². The first-order chi connectivity index (χ1) is 15.4. The molecule has 0 aliphatic rings. The van der Waals surface area contributed by atoms with Crippen molar-refractivity contribution in [3.8, 4) is 11.5 Å². The number of aryl methyl sites for hydroxylation is 1. The number of ether oxygens (including phenoxy) is 2. The van der Waals surface area contributed by atoms with Crippen molar-refractivity contribution in [2.24, 2.45) is 0 Å². The summed E-state index contributed by atoms with van der Waals surface area (Å²) in [5.74, 6) is 0.729. The van der Waals surface area contributed by atoms with Gasteiger partial charge in [-0.25, -0.2) is 4.79 Å². The van der Waals surface area contributed by atoms with Gasteiger partial charge < -0.3 is 19.8 Å². The highest BCUT2D eigenvalue weighted by molar-refractivity contribution is 5.81. The quantitative estimate of drug-likeness (QED) is 0.506. The van der Waals surface area contributed by atoms with Crippen LogP contribution in [0.4, 0.5) is 0 Å². The standard InChI is InChI=1S/C24H29N3O5/c1-16(11-12-17-8-5-4-6-9-17)25-22(28)10-7-13-27-23(29)18-14-20(31-2)21(32-3)15-19(18)26-24(27)30/h4-6,8-9,14-16H,7,10-13H2,1-3H3,(H,25,28)(H,26,30)/t16-/m1/s1. The lowest BCUT2D eigenvalue weighted by Gasteiger charge is -2.14. The van der Waals surface area contributed by atoms with Crippen LogP contribution in [0, 0.1) is 0 Å². The monoisotopic (exact) mass is 439 g/mol. The number of hydrogen-bond acceptors (Lipinski definition) is 5. The van der Waals surface area contributed by atoms with E-state index in [1.54, 1.807) is 12.1 Å². The lowest BCUT2D eigenvalue weighted by atomic mass is 10.1. The van der Waals surface area contributed by atoms with Crippen molar-refractivity contribution in [3.05, 3.63) is 68.9 Å². The molecule has 0 radical (unpaired) electrons. The number of aromatic amines is 1. The summed E-state index contributed by atoms with van der Waals surface area (Å²) in [5, 5.41) is 3.30. The van der Waals surface area contributed by atoms with Gasteiger partial charge in [0.2, 0.25) is 5.91 Å². The Kier molecular flexibility index (Phi) is 7.70. The van der Waals surface area contributed by atoms with E-state index >= 15 is 0 Å². The van der Waals surface area contributed by atoms with Gasteiger partial charge in [0.25, 0.3) is 5.56 Å². The molecule has 2 N–H and O–H groups in total. The van der Waals surface area contributed by atoms with Gasteiger partial charge in [0, 0.05) is 25.1 Å². The number of benzene rings is 2. The largest absolute Gasteiger partial charge is 0.493 e.